The normalized spacial score (nSPS) is 11.4. The van der Waals surface area contributed by atoms with Crippen molar-refractivity contribution < 1.29 is 19.1 Å². The molecule has 1 N–H and O–H groups in total. The zero-order valence-corrected chi connectivity index (χ0v) is 13.7. The molecule has 23 heavy (non-hydrogen) atoms. The summed E-state index contributed by atoms with van der Waals surface area (Å²) in [4.78, 5) is 37.5. The van der Waals surface area contributed by atoms with Crippen LogP contribution in [-0.2, 0) is 25.5 Å². The zero-order valence-electron chi connectivity index (χ0n) is 13.7. The number of nitrogens with one attached hydrogen (secondary N) is 1. The van der Waals surface area contributed by atoms with E-state index in [0.717, 1.165) is 5.56 Å². The molecule has 0 amide bonds. The number of nitriles is 1. The monoisotopic (exact) mass is 320 g/mol. The van der Waals surface area contributed by atoms with Crippen LogP contribution in [0.4, 0.5) is 0 Å². The number of rotatable bonds is 6. The van der Waals surface area contributed by atoms with Gasteiger partial charge in [0.2, 0.25) is 0 Å². The highest BCUT2D eigenvalue weighted by Gasteiger charge is 2.19. The molecular weight excluding hydrogens is 300 g/mol. The maximum atomic E-state index is 11.8. The Morgan fingerprint density at radius 3 is 2.57 bits per heavy atom. The van der Waals surface area contributed by atoms with Gasteiger partial charge in [0.05, 0.1) is 6.61 Å². The molecule has 1 atom stereocenters. The van der Waals surface area contributed by atoms with Gasteiger partial charge in [-0.25, -0.2) is 4.79 Å². The lowest BCUT2D eigenvalue weighted by Gasteiger charge is -2.13. The molecule has 1 aromatic heterocycles. The molecule has 1 heterocycles. The smallest absolute Gasteiger partial charge is 0.347 e. The zero-order chi connectivity index (χ0) is 17.6. The topological polar surface area (TPSA) is 109 Å². The van der Waals surface area contributed by atoms with Crippen molar-refractivity contribution in [3.05, 3.63) is 32.7 Å². The van der Waals surface area contributed by atoms with Gasteiger partial charge in [-0.15, -0.1) is 0 Å². The van der Waals surface area contributed by atoms with E-state index in [0.29, 0.717) is 17.7 Å². The van der Waals surface area contributed by atoms with Gasteiger partial charge in [-0.05, 0) is 45.2 Å². The van der Waals surface area contributed by atoms with Crippen LogP contribution in [0.1, 0.15) is 42.7 Å². The first-order valence-electron chi connectivity index (χ1n) is 7.30. The van der Waals surface area contributed by atoms with Gasteiger partial charge in [-0.2, -0.15) is 5.26 Å². The average Bonchev–Trinajstić information content (AvgIpc) is 2.47. The third kappa shape index (κ3) is 4.68. The van der Waals surface area contributed by atoms with Gasteiger partial charge in [0.15, 0.2) is 6.10 Å². The van der Waals surface area contributed by atoms with Gasteiger partial charge in [-0.1, -0.05) is 0 Å². The van der Waals surface area contributed by atoms with E-state index >= 15 is 0 Å². The lowest BCUT2D eigenvalue weighted by atomic mass is 9.99. The van der Waals surface area contributed by atoms with Crippen molar-refractivity contribution in [2.24, 2.45) is 0 Å². The fraction of sp³-hybridized carbons (Fsp3) is 0.500. The van der Waals surface area contributed by atoms with Crippen LogP contribution in [0, 0.1) is 25.2 Å². The number of hydrogen-bond acceptors (Lipinski definition) is 6. The molecule has 0 fully saturated rings. The molecule has 0 radical (unpaired) electrons. The van der Waals surface area contributed by atoms with E-state index in [1.165, 1.54) is 6.92 Å². The number of esters is 2. The van der Waals surface area contributed by atoms with Gasteiger partial charge in [-0.3, -0.25) is 9.59 Å². The third-order valence-electron chi connectivity index (χ3n) is 3.43. The SMILES string of the molecule is CCOC(=O)[C@H](C)OC(=O)CCc1c(C)[nH]c(=O)c(C#N)c1C. The van der Waals surface area contributed by atoms with E-state index in [2.05, 4.69) is 4.98 Å². The lowest BCUT2D eigenvalue weighted by molar-refractivity contribution is -0.166. The highest BCUT2D eigenvalue weighted by Crippen LogP contribution is 2.15. The van der Waals surface area contributed by atoms with Crippen LogP contribution >= 0.6 is 0 Å². The van der Waals surface area contributed by atoms with Crippen molar-refractivity contribution in [3.63, 3.8) is 0 Å². The van der Waals surface area contributed by atoms with Crippen LogP contribution in [0.2, 0.25) is 0 Å². The molecule has 0 aliphatic heterocycles. The standard InChI is InChI=1S/C16H20N2O5/c1-5-22-16(21)11(4)23-14(19)7-6-12-9(2)13(8-17)15(20)18-10(12)3/h11H,5-7H2,1-4H3,(H,18,20)/t11-/m0/s1. The average molecular weight is 320 g/mol. The van der Waals surface area contributed by atoms with Crippen LogP contribution in [0.15, 0.2) is 4.79 Å². The number of hydrogen-bond donors (Lipinski definition) is 1. The Bertz CT molecular complexity index is 700. The van der Waals surface area contributed by atoms with E-state index in [4.69, 9.17) is 14.7 Å². The first kappa shape index (κ1) is 18.4. The fourth-order valence-corrected chi connectivity index (χ4v) is 2.21. The summed E-state index contributed by atoms with van der Waals surface area (Å²) < 4.78 is 9.75. The Balaban J connectivity index is 2.76. The van der Waals surface area contributed by atoms with Crippen LogP contribution in [-0.4, -0.2) is 29.6 Å². The molecule has 0 aliphatic rings. The minimum atomic E-state index is -0.963. The Morgan fingerprint density at radius 1 is 1.35 bits per heavy atom. The van der Waals surface area contributed by atoms with Gasteiger partial charge in [0.25, 0.3) is 5.56 Å². The minimum Gasteiger partial charge on any atom is -0.463 e. The maximum Gasteiger partial charge on any atom is 0.347 e. The Labute approximate surface area is 134 Å². The van der Waals surface area contributed by atoms with Crippen molar-refractivity contribution in [2.75, 3.05) is 6.61 Å². The second-order valence-electron chi connectivity index (χ2n) is 5.05. The first-order chi connectivity index (χ1) is 10.8. The summed E-state index contributed by atoms with van der Waals surface area (Å²) in [5, 5.41) is 9.01. The molecular formula is C16H20N2O5. The number of pyridine rings is 1. The Morgan fingerprint density at radius 2 is 2.00 bits per heavy atom. The molecule has 0 bridgehead atoms. The lowest BCUT2D eigenvalue weighted by Crippen LogP contribution is -2.26. The van der Waals surface area contributed by atoms with E-state index in [1.807, 2.05) is 6.07 Å². The summed E-state index contributed by atoms with van der Waals surface area (Å²) in [6, 6.07) is 1.86. The molecule has 0 aromatic carbocycles. The second-order valence-corrected chi connectivity index (χ2v) is 5.05. The van der Waals surface area contributed by atoms with Gasteiger partial charge in [0, 0.05) is 12.1 Å². The fourth-order valence-electron chi connectivity index (χ4n) is 2.21. The number of carbonyl (C=O) groups is 2. The number of nitrogens with zero attached hydrogens (tertiary/aromatic N) is 1. The summed E-state index contributed by atoms with van der Waals surface area (Å²) in [7, 11) is 0. The number of ether oxygens (including phenoxy) is 2. The van der Waals surface area contributed by atoms with E-state index < -0.39 is 23.6 Å². The van der Waals surface area contributed by atoms with E-state index in [9.17, 15) is 14.4 Å². The molecule has 7 nitrogen and oxygen atoms in total. The van der Waals surface area contributed by atoms with Crippen molar-refractivity contribution >= 4 is 11.9 Å². The number of aryl methyl sites for hydroxylation is 1. The quantitative estimate of drug-likeness (QED) is 0.791. The predicted molar refractivity (Wildman–Crippen MR) is 81.8 cm³/mol. The first-order valence-corrected chi connectivity index (χ1v) is 7.30. The maximum absolute atomic E-state index is 11.8. The predicted octanol–water partition coefficient (Wildman–Crippen LogP) is 1.29. The van der Waals surface area contributed by atoms with E-state index in [1.54, 1.807) is 20.8 Å². The molecule has 124 valence electrons. The van der Waals surface area contributed by atoms with Crippen LogP contribution in [0.25, 0.3) is 0 Å². The Kier molecular flexibility index (Phi) is 6.51. The number of carbonyl (C=O) groups excluding carboxylic acids is 2. The van der Waals surface area contributed by atoms with Crippen LogP contribution in [0.3, 0.4) is 0 Å². The molecule has 0 unspecified atom stereocenters. The molecule has 1 aromatic rings. The summed E-state index contributed by atoms with van der Waals surface area (Å²) >= 11 is 0. The Hall–Kier alpha value is -2.62. The van der Waals surface area contributed by atoms with E-state index in [-0.39, 0.29) is 18.6 Å². The van der Waals surface area contributed by atoms with Crippen molar-refractivity contribution in [1.82, 2.24) is 4.98 Å². The molecule has 0 spiro atoms. The highest BCUT2D eigenvalue weighted by molar-refractivity contribution is 5.79. The van der Waals surface area contributed by atoms with Crippen molar-refractivity contribution in [1.29, 1.82) is 5.26 Å². The summed E-state index contributed by atoms with van der Waals surface area (Å²) in [5.41, 5.74) is 1.49. The molecule has 7 heteroatoms. The molecule has 0 saturated heterocycles. The number of H-pyrrole nitrogens is 1. The third-order valence-corrected chi connectivity index (χ3v) is 3.43. The number of aromatic amines is 1. The summed E-state index contributed by atoms with van der Waals surface area (Å²) in [6.45, 7) is 6.70. The minimum absolute atomic E-state index is 0.0301. The number of aromatic nitrogens is 1. The van der Waals surface area contributed by atoms with Crippen LogP contribution < -0.4 is 5.56 Å². The molecule has 0 aliphatic carbocycles. The van der Waals surface area contributed by atoms with Crippen LogP contribution in [0.5, 0.6) is 0 Å². The van der Waals surface area contributed by atoms with Gasteiger partial charge >= 0.3 is 11.9 Å². The highest BCUT2D eigenvalue weighted by atomic mass is 16.6. The van der Waals surface area contributed by atoms with Crippen molar-refractivity contribution in [3.8, 4) is 6.07 Å². The van der Waals surface area contributed by atoms with Crippen molar-refractivity contribution in [2.45, 2.75) is 46.6 Å². The largest absolute Gasteiger partial charge is 0.463 e. The van der Waals surface area contributed by atoms with Gasteiger partial charge in [0.1, 0.15) is 11.6 Å². The molecule has 1 rings (SSSR count). The second kappa shape index (κ2) is 8.13. The molecule has 0 saturated carbocycles. The van der Waals surface area contributed by atoms with Gasteiger partial charge < -0.3 is 14.5 Å². The summed E-state index contributed by atoms with van der Waals surface area (Å²) in [5.74, 6) is -1.14. The summed E-state index contributed by atoms with van der Waals surface area (Å²) in [6.07, 6.45) is -0.630.